The van der Waals surface area contributed by atoms with Gasteiger partial charge in [-0.15, -0.1) is 0 Å². The van der Waals surface area contributed by atoms with Gasteiger partial charge in [-0.05, 0) is 25.7 Å². The van der Waals surface area contributed by atoms with Crippen LogP contribution in [-0.2, 0) is 0 Å². The van der Waals surface area contributed by atoms with Gasteiger partial charge in [-0.25, -0.2) is 4.98 Å². The molecular weight excluding hydrogens is 295 g/mol. The molecule has 0 saturated heterocycles. The third-order valence-electron chi connectivity index (χ3n) is 2.65. The fourth-order valence-corrected chi connectivity index (χ4v) is 2.37. The van der Waals surface area contributed by atoms with Crippen LogP contribution < -0.4 is 5.43 Å². The Morgan fingerprint density at radius 1 is 1.17 bits per heavy atom. The zero-order valence-corrected chi connectivity index (χ0v) is 11.6. The molecule has 0 aliphatic heterocycles. The molecule has 94 valence electrons. The van der Waals surface area contributed by atoms with Gasteiger partial charge in [0.05, 0.1) is 5.02 Å². The molecule has 1 saturated carbocycles. The number of hydrazone groups is 1. The van der Waals surface area contributed by atoms with Crippen molar-refractivity contribution in [3.8, 4) is 6.07 Å². The number of aromatic nitrogens is 1. The summed E-state index contributed by atoms with van der Waals surface area (Å²) in [6, 6.07) is 1.85. The molecule has 1 aliphatic rings. The summed E-state index contributed by atoms with van der Waals surface area (Å²) in [4.78, 5) is 3.97. The number of nitrogens with zero attached hydrogens (tertiary/aromatic N) is 3. The molecule has 0 spiro atoms. The predicted molar refractivity (Wildman–Crippen MR) is 73.5 cm³/mol. The first-order valence-corrected chi connectivity index (χ1v) is 6.53. The van der Waals surface area contributed by atoms with Gasteiger partial charge in [-0.1, -0.05) is 34.8 Å². The SMILES string of the molecule is N#Cc1c(Cl)nc(NN=C2CCCC2)c(Cl)c1Cl. The molecule has 0 bridgehead atoms. The summed E-state index contributed by atoms with van der Waals surface area (Å²) in [6.45, 7) is 0. The van der Waals surface area contributed by atoms with E-state index in [-0.39, 0.29) is 26.6 Å². The smallest absolute Gasteiger partial charge is 0.168 e. The lowest BCUT2D eigenvalue weighted by molar-refractivity contribution is 0.886. The van der Waals surface area contributed by atoms with Crippen LogP contribution in [0.15, 0.2) is 5.10 Å². The van der Waals surface area contributed by atoms with Crippen molar-refractivity contribution in [3.63, 3.8) is 0 Å². The molecule has 0 amide bonds. The molecule has 1 aliphatic carbocycles. The lowest BCUT2D eigenvalue weighted by Crippen LogP contribution is -2.00. The number of halogens is 3. The first kappa shape index (κ1) is 13.4. The Labute approximate surface area is 120 Å². The average Bonchev–Trinajstić information content (AvgIpc) is 2.86. The summed E-state index contributed by atoms with van der Waals surface area (Å²) in [5.41, 5.74) is 3.90. The minimum absolute atomic E-state index is 0.0148. The van der Waals surface area contributed by atoms with Crippen LogP contribution in [0, 0.1) is 11.3 Å². The highest BCUT2D eigenvalue weighted by Crippen LogP contribution is 2.34. The van der Waals surface area contributed by atoms with Crippen molar-refractivity contribution in [2.75, 3.05) is 5.43 Å². The molecule has 0 unspecified atom stereocenters. The number of nitriles is 1. The first-order chi connectivity index (χ1) is 8.63. The number of nitrogens with one attached hydrogen (secondary N) is 1. The Bertz CT molecular complexity index is 540. The molecule has 7 heteroatoms. The topological polar surface area (TPSA) is 61.1 Å². The van der Waals surface area contributed by atoms with Crippen LogP contribution >= 0.6 is 34.8 Å². The average molecular weight is 304 g/mol. The van der Waals surface area contributed by atoms with E-state index in [0.717, 1.165) is 31.4 Å². The third-order valence-corrected chi connectivity index (χ3v) is 3.76. The quantitative estimate of drug-likeness (QED) is 0.656. The van der Waals surface area contributed by atoms with Crippen LogP contribution in [0.2, 0.25) is 15.2 Å². The van der Waals surface area contributed by atoms with Crippen molar-refractivity contribution in [1.82, 2.24) is 4.98 Å². The zero-order valence-electron chi connectivity index (χ0n) is 9.30. The van der Waals surface area contributed by atoms with E-state index in [1.807, 2.05) is 6.07 Å². The van der Waals surface area contributed by atoms with Crippen LogP contribution in [0.1, 0.15) is 31.2 Å². The van der Waals surface area contributed by atoms with Gasteiger partial charge in [-0.2, -0.15) is 10.4 Å². The van der Waals surface area contributed by atoms with Crippen LogP contribution in [0.5, 0.6) is 0 Å². The van der Waals surface area contributed by atoms with Gasteiger partial charge in [0.2, 0.25) is 0 Å². The highest BCUT2D eigenvalue weighted by atomic mass is 35.5. The summed E-state index contributed by atoms with van der Waals surface area (Å²) in [7, 11) is 0. The van der Waals surface area contributed by atoms with Crippen molar-refractivity contribution in [2.45, 2.75) is 25.7 Å². The van der Waals surface area contributed by atoms with E-state index < -0.39 is 0 Å². The summed E-state index contributed by atoms with van der Waals surface area (Å²) >= 11 is 17.8. The Morgan fingerprint density at radius 3 is 2.44 bits per heavy atom. The molecule has 1 N–H and O–H groups in total. The van der Waals surface area contributed by atoms with Gasteiger partial charge in [0.25, 0.3) is 0 Å². The van der Waals surface area contributed by atoms with Gasteiger partial charge in [0.1, 0.15) is 16.7 Å². The summed E-state index contributed by atoms with van der Waals surface area (Å²) in [5, 5.41) is 13.3. The number of hydrogen-bond acceptors (Lipinski definition) is 4. The van der Waals surface area contributed by atoms with Crippen LogP contribution in [0.3, 0.4) is 0 Å². The monoisotopic (exact) mass is 302 g/mol. The maximum atomic E-state index is 8.85. The van der Waals surface area contributed by atoms with Crippen LogP contribution in [0.25, 0.3) is 0 Å². The zero-order chi connectivity index (χ0) is 13.1. The second-order valence-electron chi connectivity index (χ2n) is 3.86. The van der Waals surface area contributed by atoms with Gasteiger partial charge >= 0.3 is 0 Å². The van der Waals surface area contributed by atoms with Gasteiger partial charge < -0.3 is 0 Å². The van der Waals surface area contributed by atoms with Gasteiger partial charge in [0, 0.05) is 5.71 Å². The molecule has 4 nitrogen and oxygen atoms in total. The van der Waals surface area contributed by atoms with E-state index in [9.17, 15) is 0 Å². The minimum Gasteiger partial charge on any atom is -0.260 e. The first-order valence-electron chi connectivity index (χ1n) is 5.39. The van der Waals surface area contributed by atoms with Crippen molar-refractivity contribution < 1.29 is 0 Å². The van der Waals surface area contributed by atoms with E-state index in [0.29, 0.717) is 0 Å². The molecule has 0 atom stereocenters. The molecule has 18 heavy (non-hydrogen) atoms. The number of hydrogen-bond donors (Lipinski definition) is 1. The Hall–Kier alpha value is -1.02. The second-order valence-corrected chi connectivity index (χ2v) is 4.98. The lowest BCUT2D eigenvalue weighted by Gasteiger charge is -2.07. The van der Waals surface area contributed by atoms with Crippen LogP contribution in [-0.4, -0.2) is 10.7 Å². The van der Waals surface area contributed by atoms with E-state index in [1.165, 1.54) is 0 Å². The Balaban J connectivity index is 2.29. The standard InChI is InChI=1S/C11H9Cl3N4/c12-8-7(5-15)10(14)16-11(9(8)13)18-17-6-3-1-2-4-6/h1-4H2,(H,16,18). The Morgan fingerprint density at radius 2 is 1.83 bits per heavy atom. The maximum Gasteiger partial charge on any atom is 0.168 e. The van der Waals surface area contributed by atoms with Crippen molar-refractivity contribution in [1.29, 1.82) is 5.26 Å². The van der Waals surface area contributed by atoms with Crippen molar-refractivity contribution in [2.24, 2.45) is 5.10 Å². The van der Waals surface area contributed by atoms with Gasteiger partial charge in [-0.3, -0.25) is 5.43 Å². The highest BCUT2D eigenvalue weighted by molar-refractivity contribution is 6.45. The minimum atomic E-state index is 0.0148. The highest BCUT2D eigenvalue weighted by Gasteiger charge is 2.16. The summed E-state index contributed by atoms with van der Waals surface area (Å²) in [5.74, 6) is 0.269. The van der Waals surface area contributed by atoms with E-state index in [1.54, 1.807) is 0 Å². The Kier molecular flexibility index (Phi) is 4.28. The summed E-state index contributed by atoms with van der Waals surface area (Å²) < 4.78 is 0. The predicted octanol–water partition coefficient (Wildman–Crippen LogP) is 4.26. The fraction of sp³-hybridized carbons (Fsp3) is 0.364. The molecule has 1 aromatic rings. The van der Waals surface area contributed by atoms with Crippen molar-refractivity contribution >= 4 is 46.3 Å². The number of pyridine rings is 1. The molecule has 1 heterocycles. The molecule has 1 fully saturated rings. The third kappa shape index (κ3) is 2.69. The molecule has 0 radical (unpaired) electrons. The lowest BCUT2D eigenvalue weighted by atomic mass is 10.3. The van der Waals surface area contributed by atoms with Crippen molar-refractivity contribution in [3.05, 3.63) is 20.8 Å². The van der Waals surface area contributed by atoms with Crippen LogP contribution in [0.4, 0.5) is 5.82 Å². The molecule has 2 rings (SSSR count). The van der Waals surface area contributed by atoms with E-state index >= 15 is 0 Å². The molecule has 0 aromatic carbocycles. The molecule has 1 aromatic heterocycles. The van der Waals surface area contributed by atoms with Gasteiger partial charge in [0.15, 0.2) is 11.0 Å². The maximum absolute atomic E-state index is 8.85. The number of rotatable bonds is 2. The second kappa shape index (κ2) is 5.75. The summed E-state index contributed by atoms with van der Waals surface area (Å²) in [6.07, 6.45) is 4.25. The van der Waals surface area contributed by atoms with E-state index in [4.69, 9.17) is 40.1 Å². The molecular formula is C11H9Cl3N4. The fourth-order valence-electron chi connectivity index (χ4n) is 1.70. The normalized spacial score (nSPS) is 14.4. The largest absolute Gasteiger partial charge is 0.260 e. The number of anilines is 1. The van der Waals surface area contributed by atoms with E-state index in [2.05, 4.69) is 15.5 Å².